The summed E-state index contributed by atoms with van der Waals surface area (Å²) in [5.74, 6) is 0.0346. The molecule has 3 rings (SSSR count). The van der Waals surface area contributed by atoms with Crippen molar-refractivity contribution in [3.8, 4) is 0 Å². The number of fused-ring (bicyclic) bond motifs is 1. The van der Waals surface area contributed by atoms with Gasteiger partial charge in [-0.2, -0.15) is 13.2 Å². The van der Waals surface area contributed by atoms with Crippen LogP contribution in [0.15, 0.2) is 36.6 Å². The number of allylic oxidation sites excluding steroid dienone is 1. The quantitative estimate of drug-likeness (QED) is 0.585. The van der Waals surface area contributed by atoms with E-state index < -0.39 is 17.8 Å². The molecule has 0 spiro atoms. The number of pyridine rings is 1. The van der Waals surface area contributed by atoms with E-state index in [1.54, 1.807) is 19.1 Å². The van der Waals surface area contributed by atoms with Crippen molar-refractivity contribution in [2.45, 2.75) is 32.0 Å². The number of hydrogen-bond acceptors (Lipinski definition) is 4. The largest absolute Gasteiger partial charge is 0.418 e. The van der Waals surface area contributed by atoms with Gasteiger partial charge in [0.25, 0.3) is 0 Å². The molecule has 0 aliphatic carbocycles. The van der Waals surface area contributed by atoms with Gasteiger partial charge >= 0.3 is 6.18 Å². The van der Waals surface area contributed by atoms with Crippen LogP contribution in [-0.2, 0) is 11.1 Å². The van der Waals surface area contributed by atoms with E-state index in [1.807, 2.05) is 4.90 Å². The Kier molecular flexibility index (Phi) is 5.90. The van der Waals surface area contributed by atoms with Crippen LogP contribution in [0.25, 0.3) is 10.9 Å². The smallest absolute Gasteiger partial charge is 0.387 e. The molecule has 2 aromatic rings. The predicted octanol–water partition coefficient (Wildman–Crippen LogP) is 4.72. The number of hydrogen-bond donors (Lipinski definition) is 1. The normalized spacial score (nSPS) is 17.6. The minimum atomic E-state index is -4.52. The molecule has 2 heterocycles. The van der Waals surface area contributed by atoms with E-state index in [4.69, 9.17) is 0 Å². The van der Waals surface area contributed by atoms with E-state index in [0.29, 0.717) is 42.6 Å². The zero-order chi connectivity index (χ0) is 20.5. The molecule has 1 N–H and O–H groups in total. The number of halogens is 4. The first-order chi connectivity index (χ1) is 13.2. The third kappa shape index (κ3) is 4.28. The molecule has 1 aromatic heterocycles. The fraction of sp³-hybridized carbons (Fsp3) is 0.450. The molecule has 1 aromatic carbocycles. The van der Waals surface area contributed by atoms with Gasteiger partial charge in [-0.25, -0.2) is 0 Å². The predicted molar refractivity (Wildman–Crippen MR) is 96.9 cm³/mol. The van der Waals surface area contributed by atoms with Crippen molar-refractivity contribution in [1.82, 2.24) is 9.88 Å². The second-order valence-electron chi connectivity index (χ2n) is 7.19. The summed E-state index contributed by atoms with van der Waals surface area (Å²) in [6.07, 6.45) is -4.20. The van der Waals surface area contributed by atoms with Gasteiger partial charge in [0.05, 0.1) is 17.2 Å². The molecule has 0 bridgehead atoms. The second-order valence-corrected chi connectivity index (χ2v) is 7.19. The zero-order valence-corrected chi connectivity index (χ0v) is 15.5. The third-order valence-corrected chi connectivity index (χ3v) is 5.24. The fourth-order valence-corrected chi connectivity index (χ4v) is 3.76. The maximum absolute atomic E-state index is 13.3. The Morgan fingerprint density at radius 3 is 2.64 bits per heavy atom. The highest BCUT2D eigenvalue weighted by molar-refractivity contribution is 5.86. The van der Waals surface area contributed by atoms with Crippen molar-refractivity contribution in [3.05, 3.63) is 53.4 Å². The maximum atomic E-state index is 13.3. The van der Waals surface area contributed by atoms with Crippen molar-refractivity contribution in [2.75, 3.05) is 19.6 Å². The summed E-state index contributed by atoms with van der Waals surface area (Å²) >= 11 is 0. The Hall–Kier alpha value is -2.19. The van der Waals surface area contributed by atoms with E-state index in [2.05, 4.69) is 16.5 Å². The Labute approximate surface area is 160 Å². The van der Waals surface area contributed by atoms with Crippen LogP contribution in [0, 0.1) is 12.8 Å². The van der Waals surface area contributed by atoms with Crippen molar-refractivity contribution < 1.29 is 27.7 Å². The van der Waals surface area contributed by atoms with Crippen LogP contribution in [-0.4, -0.2) is 34.6 Å². The minimum Gasteiger partial charge on any atom is -0.387 e. The topological polar surface area (TPSA) is 45.6 Å². The van der Waals surface area contributed by atoms with Crippen LogP contribution >= 0.6 is 0 Å². The first-order valence-electron chi connectivity index (χ1n) is 9.06. The lowest BCUT2D eigenvalue weighted by Gasteiger charge is -2.33. The summed E-state index contributed by atoms with van der Waals surface area (Å²) in [6, 6.07) is 5.49. The molecule has 0 amide bonds. The second kappa shape index (κ2) is 8.05. The molecule has 1 saturated heterocycles. The molecule has 152 valence electrons. The maximum Gasteiger partial charge on any atom is 0.418 e. The lowest BCUT2D eigenvalue weighted by atomic mass is 9.94. The minimum absolute atomic E-state index is 0.0725. The molecule has 4 nitrogen and oxygen atoms in total. The lowest BCUT2D eigenvalue weighted by molar-refractivity contribution is -0.136. The van der Waals surface area contributed by atoms with E-state index in [1.165, 1.54) is 6.07 Å². The van der Waals surface area contributed by atoms with Crippen LogP contribution < -0.4 is 0 Å². The number of para-hydroxylation sites is 1. The number of nitrogens with zero attached hydrogens (tertiary/aromatic N) is 2. The number of aliphatic hydroxyl groups is 1. The van der Waals surface area contributed by atoms with Gasteiger partial charge in [-0.3, -0.25) is 9.93 Å². The monoisotopic (exact) mass is 398 g/mol. The molecule has 1 fully saturated rings. The molecule has 0 radical (unpaired) electrons. The van der Waals surface area contributed by atoms with Gasteiger partial charge in [0, 0.05) is 28.1 Å². The van der Waals surface area contributed by atoms with Gasteiger partial charge in [0.15, 0.2) is 0 Å². The van der Waals surface area contributed by atoms with E-state index >= 15 is 0 Å². The summed E-state index contributed by atoms with van der Waals surface area (Å²) in [5.41, 5.74) is -0.132. The Bertz CT molecular complexity index is 861. The molecule has 1 aliphatic rings. The van der Waals surface area contributed by atoms with Crippen LogP contribution in [0.5, 0.6) is 0 Å². The third-order valence-electron chi connectivity index (χ3n) is 5.24. The number of β-amino-alcohol motifs (C(OH)–C–C–N with tert-alkyl or cyclic N) is 1. The molecule has 8 heteroatoms. The number of aromatic nitrogens is 1. The van der Waals surface area contributed by atoms with Gasteiger partial charge < -0.3 is 10.0 Å². The molecule has 1 atom stereocenters. The Morgan fingerprint density at radius 1 is 1.36 bits per heavy atom. The Morgan fingerprint density at radius 2 is 2.04 bits per heavy atom. The molecule has 1 unspecified atom stereocenters. The van der Waals surface area contributed by atoms with Crippen molar-refractivity contribution >= 4 is 10.9 Å². The standard InChI is InChI=1S/C20H22F4N2O2/c1-12-10-16(15-4-3-5-17(19(15)25-12)20(21,22)23)18(27)11-26-8-6-14(7-9-26)13(2)28-24/h3-5,10,14,18,27H,2,6-9,11H2,1H3. The molecular formula is C20H22F4N2O2. The number of alkyl halides is 3. The molecule has 1 aliphatic heterocycles. The summed E-state index contributed by atoms with van der Waals surface area (Å²) in [5, 5.41) is 11.1. The van der Waals surface area contributed by atoms with Crippen LogP contribution in [0.4, 0.5) is 17.7 Å². The lowest BCUT2D eigenvalue weighted by Crippen LogP contribution is -2.37. The zero-order valence-electron chi connectivity index (χ0n) is 15.5. The summed E-state index contributed by atoms with van der Waals surface area (Å²) in [7, 11) is 0. The van der Waals surface area contributed by atoms with Gasteiger partial charge in [-0.15, -0.1) is 0 Å². The van der Waals surface area contributed by atoms with Crippen LogP contribution in [0.3, 0.4) is 0 Å². The molecule has 28 heavy (non-hydrogen) atoms. The SMILES string of the molecule is C=C(OF)C1CCN(CC(O)c2cc(C)nc3c(C(F)(F)F)cccc23)CC1. The van der Waals surface area contributed by atoms with Gasteiger partial charge in [0.2, 0.25) is 0 Å². The van der Waals surface area contributed by atoms with Crippen molar-refractivity contribution in [3.63, 3.8) is 0 Å². The van der Waals surface area contributed by atoms with E-state index in [-0.39, 0.29) is 23.7 Å². The van der Waals surface area contributed by atoms with Crippen LogP contribution in [0.2, 0.25) is 0 Å². The van der Waals surface area contributed by atoms with Crippen molar-refractivity contribution in [1.29, 1.82) is 0 Å². The van der Waals surface area contributed by atoms with E-state index in [9.17, 15) is 22.8 Å². The first-order valence-corrected chi connectivity index (χ1v) is 9.06. The fourth-order valence-electron chi connectivity index (χ4n) is 3.76. The number of aliphatic hydroxyl groups excluding tert-OH is 1. The Balaban J connectivity index is 1.83. The number of benzene rings is 1. The van der Waals surface area contributed by atoms with Crippen LogP contribution in [0.1, 0.15) is 35.8 Å². The highest BCUT2D eigenvalue weighted by atomic mass is 19.4. The number of aryl methyl sites for hydroxylation is 1. The molecular weight excluding hydrogens is 376 g/mol. The molecule has 0 saturated carbocycles. The average molecular weight is 398 g/mol. The summed E-state index contributed by atoms with van der Waals surface area (Å²) in [4.78, 5) is 9.78. The highest BCUT2D eigenvalue weighted by Gasteiger charge is 2.34. The van der Waals surface area contributed by atoms with Gasteiger partial charge in [0.1, 0.15) is 5.76 Å². The first kappa shape index (κ1) is 20.5. The average Bonchev–Trinajstić information content (AvgIpc) is 2.66. The van der Waals surface area contributed by atoms with Gasteiger partial charge in [-0.1, -0.05) is 18.7 Å². The number of rotatable bonds is 5. The number of likely N-dealkylation sites (tertiary alicyclic amines) is 1. The van der Waals surface area contributed by atoms with Gasteiger partial charge in [-0.05, 0) is 50.6 Å². The number of piperidine rings is 1. The van der Waals surface area contributed by atoms with Crippen molar-refractivity contribution in [2.24, 2.45) is 5.92 Å². The summed E-state index contributed by atoms with van der Waals surface area (Å²) in [6.45, 7) is 6.64. The summed E-state index contributed by atoms with van der Waals surface area (Å²) < 4.78 is 52.3. The van der Waals surface area contributed by atoms with E-state index in [0.717, 1.165) is 6.07 Å². The highest BCUT2D eigenvalue weighted by Crippen LogP contribution is 2.36.